The number of anilines is 1. The van der Waals surface area contributed by atoms with Gasteiger partial charge in [0.2, 0.25) is 0 Å². The minimum atomic E-state index is -1.09. The Bertz CT molecular complexity index is 248. The molecule has 2 N–H and O–H groups in total. The van der Waals surface area contributed by atoms with E-state index in [0.717, 1.165) is 0 Å². The van der Waals surface area contributed by atoms with Crippen LogP contribution in [-0.2, 0) is 11.2 Å². The van der Waals surface area contributed by atoms with Gasteiger partial charge >= 0.3 is 29.6 Å². The smallest absolute Gasteiger partial charge is 0.550 e. The Morgan fingerprint density at radius 2 is 2.36 bits per heavy atom. The summed E-state index contributed by atoms with van der Waals surface area (Å²) < 4.78 is 0. The molecule has 54 valence electrons. The van der Waals surface area contributed by atoms with Crippen molar-refractivity contribution in [3.63, 3.8) is 0 Å². The fourth-order valence-corrected chi connectivity index (χ4v) is 1.32. The molecule has 0 aliphatic carbocycles. The molecule has 1 aromatic heterocycles. The Labute approximate surface area is 90.5 Å². The number of carbonyl (C=O) groups is 1. The summed E-state index contributed by atoms with van der Waals surface area (Å²) in [5, 5.41) is 12.4. The van der Waals surface area contributed by atoms with Gasteiger partial charge in [0.1, 0.15) is 0 Å². The first-order valence-corrected chi connectivity index (χ1v) is 3.60. The van der Waals surface area contributed by atoms with Crippen LogP contribution >= 0.6 is 11.3 Å². The first-order chi connectivity index (χ1) is 4.70. The van der Waals surface area contributed by atoms with Gasteiger partial charge in [0, 0.05) is 12.4 Å². The fraction of sp³-hybridized carbons (Fsp3) is 0.167. The molecule has 1 rings (SSSR count). The van der Waals surface area contributed by atoms with Crippen LogP contribution in [0.5, 0.6) is 0 Å². The van der Waals surface area contributed by atoms with Gasteiger partial charge in [-0.25, -0.2) is 0 Å². The predicted octanol–water partition coefficient (Wildman–Crippen LogP) is -3.37. The van der Waals surface area contributed by atoms with E-state index in [2.05, 4.69) is 0 Å². The number of carboxylic acids is 1. The second-order valence-corrected chi connectivity index (χ2v) is 2.81. The summed E-state index contributed by atoms with van der Waals surface area (Å²) in [5.41, 5.74) is 6.06. The molecule has 0 radical (unpaired) electrons. The molecule has 0 fully saturated rings. The third kappa shape index (κ3) is 3.25. The SMILES string of the molecule is Nc1sccc1CC(=O)[O-].[Na+]. The van der Waals surface area contributed by atoms with E-state index in [1.165, 1.54) is 11.3 Å². The molecule has 0 saturated heterocycles. The molecule has 0 aliphatic heterocycles. The number of hydrogen-bond acceptors (Lipinski definition) is 4. The zero-order chi connectivity index (χ0) is 7.56. The molecule has 0 unspecified atom stereocenters. The summed E-state index contributed by atoms with van der Waals surface area (Å²) in [6.07, 6.45) is -0.0880. The second kappa shape index (κ2) is 4.77. The molecule has 0 spiro atoms. The van der Waals surface area contributed by atoms with Crippen LogP contribution in [0.15, 0.2) is 11.4 Å². The second-order valence-electron chi connectivity index (χ2n) is 1.86. The third-order valence-corrected chi connectivity index (χ3v) is 1.90. The van der Waals surface area contributed by atoms with Crippen LogP contribution in [0.1, 0.15) is 5.56 Å². The zero-order valence-corrected chi connectivity index (χ0v) is 8.98. The van der Waals surface area contributed by atoms with Crippen molar-refractivity contribution in [1.82, 2.24) is 0 Å². The van der Waals surface area contributed by atoms with Crippen molar-refractivity contribution in [3.05, 3.63) is 17.0 Å². The van der Waals surface area contributed by atoms with Gasteiger partial charge in [0.25, 0.3) is 0 Å². The molecule has 1 aromatic rings. The molecule has 0 saturated carbocycles. The fourth-order valence-electron chi connectivity index (χ4n) is 0.649. The van der Waals surface area contributed by atoms with Crippen LogP contribution in [0.2, 0.25) is 0 Å². The summed E-state index contributed by atoms with van der Waals surface area (Å²) in [4.78, 5) is 10.1. The molecular weight excluding hydrogens is 173 g/mol. The van der Waals surface area contributed by atoms with Crippen LogP contribution in [0.4, 0.5) is 5.00 Å². The van der Waals surface area contributed by atoms with Crippen molar-refractivity contribution in [2.75, 3.05) is 5.73 Å². The first-order valence-electron chi connectivity index (χ1n) is 2.72. The molecule has 0 amide bonds. The Morgan fingerprint density at radius 1 is 1.73 bits per heavy atom. The van der Waals surface area contributed by atoms with Crippen LogP contribution in [-0.4, -0.2) is 5.97 Å². The molecule has 0 aliphatic rings. The third-order valence-electron chi connectivity index (χ3n) is 1.12. The number of hydrogen-bond donors (Lipinski definition) is 1. The van der Waals surface area contributed by atoms with E-state index in [1.54, 1.807) is 11.4 Å². The number of carboxylic acid groups (broad SMARTS) is 1. The van der Waals surface area contributed by atoms with Gasteiger partial charge in [0.05, 0.1) is 5.00 Å². The Morgan fingerprint density at radius 3 is 2.73 bits per heavy atom. The van der Waals surface area contributed by atoms with Gasteiger partial charge in [-0.2, -0.15) is 0 Å². The van der Waals surface area contributed by atoms with Gasteiger partial charge in [-0.1, -0.05) is 0 Å². The van der Waals surface area contributed by atoms with Crippen LogP contribution in [0.3, 0.4) is 0 Å². The number of nitrogen functional groups attached to an aromatic ring is 1. The van der Waals surface area contributed by atoms with E-state index in [4.69, 9.17) is 5.73 Å². The zero-order valence-electron chi connectivity index (χ0n) is 6.16. The van der Waals surface area contributed by atoms with Gasteiger partial charge in [-0.3, -0.25) is 0 Å². The molecule has 11 heavy (non-hydrogen) atoms. The van der Waals surface area contributed by atoms with Crippen molar-refractivity contribution < 1.29 is 39.5 Å². The van der Waals surface area contributed by atoms with Crippen LogP contribution in [0, 0.1) is 0 Å². The van der Waals surface area contributed by atoms with Crippen molar-refractivity contribution in [2.24, 2.45) is 0 Å². The topological polar surface area (TPSA) is 66.2 Å². The summed E-state index contributed by atoms with van der Waals surface area (Å²) >= 11 is 1.33. The van der Waals surface area contributed by atoms with Crippen molar-refractivity contribution >= 4 is 22.3 Å². The largest absolute Gasteiger partial charge is 1.00 e. The van der Waals surface area contributed by atoms with Crippen molar-refractivity contribution in [3.8, 4) is 0 Å². The number of rotatable bonds is 2. The van der Waals surface area contributed by atoms with Gasteiger partial charge in [0.15, 0.2) is 0 Å². The van der Waals surface area contributed by atoms with Crippen molar-refractivity contribution in [2.45, 2.75) is 6.42 Å². The van der Waals surface area contributed by atoms with Crippen molar-refractivity contribution in [1.29, 1.82) is 0 Å². The quantitative estimate of drug-likeness (QED) is 0.482. The van der Waals surface area contributed by atoms with E-state index < -0.39 is 5.97 Å². The maximum atomic E-state index is 10.1. The minimum absolute atomic E-state index is 0. The Kier molecular flexibility index (Phi) is 4.76. The molecule has 0 bridgehead atoms. The van der Waals surface area contributed by atoms with Crippen LogP contribution in [0.25, 0.3) is 0 Å². The molecule has 1 heterocycles. The van der Waals surface area contributed by atoms with E-state index >= 15 is 0 Å². The number of nitrogens with two attached hydrogens (primary N) is 1. The van der Waals surface area contributed by atoms with E-state index in [-0.39, 0.29) is 36.0 Å². The molecule has 5 heteroatoms. The Hall–Kier alpha value is -0.0300. The van der Waals surface area contributed by atoms with E-state index in [1.807, 2.05) is 0 Å². The summed E-state index contributed by atoms with van der Waals surface area (Å²) in [5.74, 6) is -1.09. The molecule has 3 nitrogen and oxygen atoms in total. The molecule has 0 aromatic carbocycles. The van der Waals surface area contributed by atoms with Crippen LogP contribution < -0.4 is 40.4 Å². The predicted molar refractivity (Wildman–Crippen MR) is 37.4 cm³/mol. The van der Waals surface area contributed by atoms with Gasteiger partial charge in [-0.15, -0.1) is 11.3 Å². The minimum Gasteiger partial charge on any atom is -0.550 e. The number of carbonyl (C=O) groups excluding carboxylic acids is 1. The monoisotopic (exact) mass is 179 g/mol. The first kappa shape index (κ1) is 11.0. The normalized spacial score (nSPS) is 8.73. The van der Waals surface area contributed by atoms with E-state index in [9.17, 15) is 9.90 Å². The summed E-state index contributed by atoms with van der Waals surface area (Å²) in [6, 6.07) is 1.69. The summed E-state index contributed by atoms with van der Waals surface area (Å²) in [7, 11) is 0. The average Bonchev–Trinajstić information content (AvgIpc) is 2.15. The number of aliphatic carboxylic acids is 1. The molecule has 0 atom stereocenters. The Balaban J connectivity index is 0.000001000. The van der Waals surface area contributed by atoms with Gasteiger partial charge in [-0.05, 0) is 17.0 Å². The molecular formula is C6H6NNaO2S. The number of thiophene rings is 1. The van der Waals surface area contributed by atoms with Gasteiger partial charge < -0.3 is 15.6 Å². The maximum Gasteiger partial charge on any atom is 1.00 e. The maximum absolute atomic E-state index is 10.1. The average molecular weight is 179 g/mol. The summed E-state index contributed by atoms with van der Waals surface area (Å²) in [6.45, 7) is 0. The van der Waals surface area contributed by atoms with E-state index in [0.29, 0.717) is 10.6 Å². The standard InChI is InChI=1S/C6H7NO2S.Na/c7-6-4(1-2-10-6)3-5(8)9;/h1-2H,3,7H2,(H,8,9);/q;+1/p-1.